The second kappa shape index (κ2) is 3.76. The summed E-state index contributed by atoms with van der Waals surface area (Å²) in [5, 5.41) is 4.55. The molecule has 0 saturated carbocycles. The van der Waals surface area contributed by atoms with Crippen LogP contribution >= 0.6 is 12.4 Å². The number of nitrogens with one attached hydrogen (secondary N) is 1. The van der Waals surface area contributed by atoms with E-state index in [4.69, 9.17) is 5.73 Å². The number of rotatable bonds is 0. The minimum Gasteiger partial charge on any atom is -0.398 e. The first-order chi connectivity index (χ1) is 6.86. The van der Waals surface area contributed by atoms with E-state index >= 15 is 0 Å². The van der Waals surface area contributed by atoms with E-state index < -0.39 is 0 Å². The summed E-state index contributed by atoms with van der Waals surface area (Å²) in [6, 6.07) is 8.31. The van der Waals surface area contributed by atoms with E-state index in [9.17, 15) is 0 Å². The highest BCUT2D eigenvalue weighted by molar-refractivity contribution is 5.92. The first-order valence-electron chi connectivity index (χ1n) is 4.93. The molecule has 0 fully saturated rings. The third-order valence-electron chi connectivity index (χ3n) is 2.88. The molecule has 2 aromatic rings. The molecule has 1 aliphatic rings. The highest BCUT2D eigenvalue weighted by Gasteiger charge is 2.12. The fraction of sp³-hybridized carbons (Fsp3) is 0.273. The molecule has 1 aromatic heterocycles. The molecule has 1 aromatic carbocycles. The van der Waals surface area contributed by atoms with Crippen LogP contribution in [0.15, 0.2) is 24.3 Å². The Morgan fingerprint density at radius 2 is 2.20 bits per heavy atom. The lowest BCUT2D eigenvalue weighted by Gasteiger charge is -2.16. The Labute approximate surface area is 94.7 Å². The normalized spacial score (nSPS) is 14.7. The van der Waals surface area contributed by atoms with E-state index in [-0.39, 0.29) is 12.4 Å². The molecule has 0 unspecified atom stereocenters. The molecule has 15 heavy (non-hydrogen) atoms. The molecular weight excluding hydrogens is 210 g/mol. The molecule has 0 atom stereocenters. The quantitative estimate of drug-likeness (QED) is 0.669. The van der Waals surface area contributed by atoms with Crippen LogP contribution in [0, 0.1) is 0 Å². The van der Waals surface area contributed by atoms with Crippen molar-refractivity contribution < 1.29 is 0 Å². The minimum atomic E-state index is 0. The van der Waals surface area contributed by atoms with Crippen LogP contribution in [-0.4, -0.2) is 11.1 Å². The van der Waals surface area contributed by atoms with Crippen LogP contribution < -0.4 is 11.1 Å². The summed E-state index contributed by atoms with van der Waals surface area (Å²) in [4.78, 5) is 0. The van der Waals surface area contributed by atoms with Gasteiger partial charge in [-0.05, 0) is 18.2 Å². The molecule has 3 N–H and O–H groups in total. The second-order valence-electron chi connectivity index (χ2n) is 3.74. The third kappa shape index (κ3) is 1.48. The maximum absolute atomic E-state index is 5.93. The number of benzene rings is 1. The molecule has 1 aliphatic heterocycles. The van der Waals surface area contributed by atoms with Gasteiger partial charge in [0.05, 0.1) is 5.52 Å². The molecule has 0 saturated heterocycles. The first kappa shape index (κ1) is 10.3. The Morgan fingerprint density at radius 1 is 1.33 bits per heavy atom. The van der Waals surface area contributed by atoms with Crippen molar-refractivity contribution in [3.05, 3.63) is 30.0 Å². The number of aromatic nitrogens is 1. The predicted octanol–water partition coefficient (Wildman–Crippen LogP) is 1.75. The molecule has 80 valence electrons. The number of hydrogen-bond acceptors (Lipinski definition) is 2. The second-order valence-corrected chi connectivity index (χ2v) is 3.74. The Bertz CT molecular complexity index is 490. The summed E-state index contributed by atoms with van der Waals surface area (Å²) in [6.07, 6.45) is 0. The van der Waals surface area contributed by atoms with Crippen LogP contribution in [0.1, 0.15) is 5.69 Å². The largest absolute Gasteiger partial charge is 0.398 e. The van der Waals surface area contributed by atoms with Crippen molar-refractivity contribution in [1.82, 2.24) is 9.88 Å². The SMILES string of the molecule is Cl.Nc1cccc2c1cc1n2CCNC1. The summed E-state index contributed by atoms with van der Waals surface area (Å²) in [5.41, 5.74) is 9.42. The molecule has 3 rings (SSSR count). The van der Waals surface area contributed by atoms with Gasteiger partial charge < -0.3 is 15.6 Å². The summed E-state index contributed by atoms with van der Waals surface area (Å²) in [6.45, 7) is 3.04. The molecule has 0 amide bonds. The smallest absolute Gasteiger partial charge is 0.0504 e. The van der Waals surface area contributed by atoms with Gasteiger partial charge in [0.25, 0.3) is 0 Å². The summed E-state index contributed by atoms with van der Waals surface area (Å²) >= 11 is 0. The molecular formula is C11H14ClN3. The number of nitrogens with zero attached hydrogens (tertiary/aromatic N) is 1. The van der Waals surface area contributed by atoms with Crippen LogP contribution in [0.4, 0.5) is 5.69 Å². The molecule has 0 aliphatic carbocycles. The average molecular weight is 224 g/mol. The van der Waals surface area contributed by atoms with E-state index in [1.54, 1.807) is 0 Å². The van der Waals surface area contributed by atoms with E-state index in [1.807, 2.05) is 12.1 Å². The Kier molecular flexibility index (Phi) is 2.59. The van der Waals surface area contributed by atoms with Gasteiger partial charge in [-0.2, -0.15) is 0 Å². The monoisotopic (exact) mass is 223 g/mol. The third-order valence-corrected chi connectivity index (χ3v) is 2.88. The van der Waals surface area contributed by atoms with Crippen LogP contribution in [0.5, 0.6) is 0 Å². The van der Waals surface area contributed by atoms with Crippen LogP contribution in [0.2, 0.25) is 0 Å². The van der Waals surface area contributed by atoms with Crippen molar-refractivity contribution in [1.29, 1.82) is 0 Å². The average Bonchev–Trinajstić information content (AvgIpc) is 2.59. The Hall–Kier alpha value is -1.19. The van der Waals surface area contributed by atoms with Gasteiger partial charge in [0.2, 0.25) is 0 Å². The van der Waals surface area contributed by atoms with Crippen molar-refractivity contribution in [2.24, 2.45) is 0 Å². The standard InChI is InChI=1S/C11H13N3.ClH/c12-10-2-1-3-11-9(10)6-8-7-13-4-5-14(8)11;/h1-3,6,13H,4-5,7,12H2;1H. The van der Waals surface area contributed by atoms with Crippen molar-refractivity contribution >= 4 is 29.0 Å². The van der Waals surface area contributed by atoms with E-state index in [0.717, 1.165) is 25.3 Å². The van der Waals surface area contributed by atoms with Crippen LogP contribution in [0.25, 0.3) is 10.9 Å². The van der Waals surface area contributed by atoms with Crippen molar-refractivity contribution in [2.75, 3.05) is 12.3 Å². The van der Waals surface area contributed by atoms with Crippen molar-refractivity contribution in [3.63, 3.8) is 0 Å². The highest BCUT2D eigenvalue weighted by atomic mass is 35.5. The molecule has 3 nitrogen and oxygen atoms in total. The van der Waals surface area contributed by atoms with E-state index in [0.29, 0.717) is 0 Å². The zero-order valence-electron chi connectivity index (χ0n) is 8.36. The van der Waals surface area contributed by atoms with Crippen LogP contribution in [0.3, 0.4) is 0 Å². The van der Waals surface area contributed by atoms with Crippen molar-refractivity contribution in [2.45, 2.75) is 13.1 Å². The van der Waals surface area contributed by atoms with E-state index in [2.05, 4.69) is 22.0 Å². The lowest BCUT2D eigenvalue weighted by atomic mass is 10.2. The highest BCUT2D eigenvalue weighted by Crippen LogP contribution is 2.25. The zero-order chi connectivity index (χ0) is 9.54. The van der Waals surface area contributed by atoms with Gasteiger partial charge in [-0.3, -0.25) is 0 Å². The van der Waals surface area contributed by atoms with Gasteiger partial charge in [0.1, 0.15) is 0 Å². The van der Waals surface area contributed by atoms with Gasteiger partial charge in [-0.15, -0.1) is 12.4 Å². The number of halogens is 1. The van der Waals surface area contributed by atoms with Gasteiger partial charge in [0.15, 0.2) is 0 Å². The fourth-order valence-corrected chi connectivity index (χ4v) is 2.18. The summed E-state index contributed by atoms with van der Waals surface area (Å²) < 4.78 is 2.35. The van der Waals surface area contributed by atoms with Gasteiger partial charge in [0, 0.05) is 36.4 Å². The Morgan fingerprint density at radius 3 is 3.07 bits per heavy atom. The molecule has 0 bridgehead atoms. The Balaban J connectivity index is 0.000000853. The van der Waals surface area contributed by atoms with Gasteiger partial charge in [-0.1, -0.05) is 6.07 Å². The summed E-state index contributed by atoms with van der Waals surface area (Å²) in [5.74, 6) is 0. The fourth-order valence-electron chi connectivity index (χ4n) is 2.18. The number of hydrogen-bond donors (Lipinski definition) is 2. The number of nitrogens with two attached hydrogens (primary N) is 1. The number of anilines is 1. The predicted molar refractivity (Wildman–Crippen MR) is 65.3 cm³/mol. The lowest BCUT2D eigenvalue weighted by Crippen LogP contribution is -2.27. The number of fused-ring (bicyclic) bond motifs is 3. The first-order valence-corrected chi connectivity index (χ1v) is 4.93. The molecule has 0 spiro atoms. The van der Waals surface area contributed by atoms with E-state index in [1.165, 1.54) is 16.6 Å². The zero-order valence-corrected chi connectivity index (χ0v) is 9.18. The van der Waals surface area contributed by atoms with Gasteiger partial charge in [-0.25, -0.2) is 0 Å². The molecule has 4 heteroatoms. The molecule has 0 radical (unpaired) electrons. The maximum atomic E-state index is 5.93. The molecule has 2 heterocycles. The maximum Gasteiger partial charge on any atom is 0.0504 e. The van der Waals surface area contributed by atoms with Crippen LogP contribution in [-0.2, 0) is 13.1 Å². The van der Waals surface area contributed by atoms with Gasteiger partial charge >= 0.3 is 0 Å². The number of nitrogen functional groups attached to an aromatic ring is 1. The summed E-state index contributed by atoms with van der Waals surface area (Å²) in [7, 11) is 0. The lowest BCUT2D eigenvalue weighted by molar-refractivity contribution is 0.527. The van der Waals surface area contributed by atoms with Crippen molar-refractivity contribution in [3.8, 4) is 0 Å². The minimum absolute atomic E-state index is 0. The topological polar surface area (TPSA) is 43.0 Å².